The lowest BCUT2D eigenvalue weighted by Gasteiger charge is -2.46. The molecule has 1 aromatic heterocycles. The van der Waals surface area contributed by atoms with Gasteiger partial charge in [0.2, 0.25) is 0 Å². The van der Waals surface area contributed by atoms with E-state index in [1.807, 2.05) is 12.1 Å². The van der Waals surface area contributed by atoms with Crippen molar-refractivity contribution in [2.75, 3.05) is 32.9 Å². The minimum Gasteiger partial charge on any atom is -0.492 e. The first-order valence-corrected chi connectivity index (χ1v) is 7.20. The first-order chi connectivity index (χ1) is 9.39. The second-order valence-electron chi connectivity index (χ2n) is 5.63. The summed E-state index contributed by atoms with van der Waals surface area (Å²) in [5.74, 6) is 1.36. The standard InChI is InChI=1S/C15H22N2O2/c1-2-14(10-17-6-1)19-12-13-11-18-9-5-15(13)3-7-16-8-4-15/h1-2,6,10,13,16H,3-5,7-9,11-12H2/t13-/m0/s1. The van der Waals surface area contributed by atoms with Crippen LogP contribution in [-0.2, 0) is 4.74 Å². The molecule has 2 aliphatic heterocycles. The van der Waals surface area contributed by atoms with Gasteiger partial charge in [0, 0.05) is 18.7 Å². The Morgan fingerprint density at radius 3 is 3.05 bits per heavy atom. The second-order valence-corrected chi connectivity index (χ2v) is 5.63. The molecule has 0 unspecified atom stereocenters. The molecule has 1 aromatic rings. The number of pyridine rings is 1. The maximum absolute atomic E-state index is 5.91. The summed E-state index contributed by atoms with van der Waals surface area (Å²) in [6.45, 7) is 4.74. The van der Waals surface area contributed by atoms with Crippen LogP contribution in [0.15, 0.2) is 24.5 Å². The van der Waals surface area contributed by atoms with Crippen molar-refractivity contribution in [2.45, 2.75) is 19.3 Å². The molecule has 0 aliphatic carbocycles. The van der Waals surface area contributed by atoms with Crippen LogP contribution in [0, 0.1) is 11.3 Å². The second kappa shape index (κ2) is 5.88. The maximum Gasteiger partial charge on any atom is 0.137 e. The molecule has 4 heteroatoms. The molecular weight excluding hydrogens is 240 g/mol. The fraction of sp³-hybridized carbons (Fsp3) is 0.667. The first-order valence-electron chi connectivity index (χ1n) is 7.20. The Morgan fingerprint density at radius 2 is 2.26 bits per heavy atom. The summed E-state index contributed by atoms with van der Waals surface area (Å²) in [7, 11) is 0. The maximum atomic E-state index is 5.91. The molecule has 104 valence electrons. The summed E-state index contributed by atoms with van der Waals surface area (Å²) in [5, 5.41) is 3.46. The number of rotatable bonds is 3. The minimum absolute atomic E-state index is 0.422. The van der Waals surface area contributed by atoms with E-state index in [0.717, 1.165) is 38.7 Å². The van der Waals surface area contributed by atoms with Gasteiger partial charge in [0.25, 0.3) is 0 Å². The largest absolute Gasteiger partial charge is 0.492 e. The van der Waals surface area contributed by atoms with Crippen LogP contribution < -0.4 is 10.1 Å². The summed E-state index contributed by atoms with van der Waals surface area (Å²) in [4.78, 5) is 4.09. The van der Waals surface area contributed by atoms with Crippen LogP contribution in [0.25, 0.3) is 0 Å². The van der Waals surface area contributed by atoms with Crippen LogP contribution in [0.1, 0.15) is 19.3 Å². The average Bonchev–Trinajstić information content (AvgIpc) is 2.48. The Kier molecular flexibility index (Phi) is 3.99. The molecule has 3 rings (SSSR count). The lowest BCUT2D eigenvalue weighted by atomic mass is 9.66. The Balaban J connectivity index is 1.64. The SMILES string of the molecule is c1cncc(OC[C@@H]2COCCC23CCNCC3)c1. The highest BCUT2D eigenvalue weighted by molar-refractivity contribution is 5.15. The number of nitrogens with one attached hydrogen (secondary N) is 1. The van der Waals surface area contributed by atoms with Gasteiger partial charge in [-0.25, -0.2) is 0 Å². The predicted molar refractivity (Wildman–Crippen MR) is 73.2 cm³/mol. The molecule has 2 saturated heterocycles. The van der Waals surface area contributed by atoms with Crippen molar-refractivity contribution in [3.05, 3.63) is 24.5 Å². The number of ether oxygens (including phenoxy) is 2. The van der Waals surface area contributed by atoms with Gasteiger partial charge < -0.3 is 14.8 Å². The van der Waals surface area contributed by atoms with Crippen molar-refractivity contribution >= 4 is 0 Å². The summed E-state index contributed by atoms with van der Waals surface area (Å²) in [6.07, 6.45) is 7.22. The Morgan fingerprint density at radius 1 is 1.37 bits per heavy atom. The third-order valence-electron chi connectivity index (χ3n) is 4.61. The van der Waals surface area contributed by atoms with E-state index < -0.39 is 0 Å². The van der Waals surface area contributed by atoms with Gasteiger partial charge in [0.05, 0.1) is 19.4 Å². The van der Waals surface area contributed by atoms with Crippen LogP contribution in [0.2, 0.25) is 0 Å². The summed E-state index contributed by atoms with van der Waals surface area (Å²) in [5.41, 5.74) is 0.422. The molecule has 0 saturated carbocycles. The summed E-state index contributed by atoms with van der Waals surface area (Å²) < 4.78 is 11.6. The van der Waals surface area contributed by atoms with Crippen molar-refractivity contribution in [1.82, 2.24) is 10.3 Å². The summed E-state index contributed by atoms with van der Waals surface area (Å²) in [6, 6.07) is 3.87. The number of piperidine rings is 1. The predicted octanol–water partition coefficient (Wildman–Crippen LogP) is 1.87. The van der Waals surface area contributed by atoms with Gasteiger partial charge in [-0.15, -0.1) is 0 Å². The van der Waals surface area contributed by atoms with Gasteiger partial charge in [-0.2, -0.15) is 0 Å². The fourth-order valence-electron chi connectivity index (χ4n) is 3.32. The molecule has 1 atom stereocenters. The van der Waals surface area contributed by atoms with Gasteiger partial charge in [-0.1, -0.05) is 0 Å². The average molecular weight is 262 g/mol. The van der Waals surface area contributed by atoms with E-state index in [-0.39, 0.29) is 0 Å². The lowest BCUT2D eigenvalue weighted by molar-refractivity contribution is -0.0721. The van der Waals surface area contributed by atoms with Gasteiger partial charge in [-0.3, -0.25) is 4.98 Å². The smallest absolute Gasteiger partial charge is 0.137 e. The van der Waals surface area contributed by atoms with Crippen LogP contribution in [0.4, 0.5) is 0 Å². The van der Waals surface area contributed by atoms with Gasteiger partial charge in [0.1, 0.15) is 5.75 Å². The highest BCUT2D eigenvalue weighted by atomic mass is 16.5. The molecule has 1 N–H and O–H groups in total. The topological polar surface area (TPSA) is 43.4 Å². The summed E-state index contributed by atoms with van der Waals surface area (Å²) >= 11 is 0. The molecule has 4 nitrogen and oxygen atoms in total. The Hall–Kier alpha value is -1.13. The third-order valence-corrected chi connectivity index (χ3v) is 4.61. The zero-order chi connectivity index (χ0) is 13.0. The molecule has 0 radical (unpaired) electrons. The van der Waals surface area contributed by atoms with E-state index in [1.165, 1.54) is 19.3 Å². The molecule has 0 aromatic carbocycles. The number of hydrogen-bond acceptors (Lipinski definition) is 4. The van der Waals surface area contributed by atoms with Crippen molar-refractivity contribution in [1.29, 1.82) is 0 Å². The highest BCUT2D eigenvalue weighted by Gasteiger charge is 2.42. The third kappa shape index (κ3) is 2.90. The van der Waals surface area contributed by atoms with Gasteiger partial charge in [0.15, 0.2) is 0 Å². The van der Waals surface area contributed by atoms with Crippen molar-refractivity contribution in [2.24, 2.45) is 11.3 Å². The van der Waals surface area contributed by atoms with E-state index in [2.05, 4.69) is 10.3 Å². The first kappa shape index (κ1) is 12.9. The molecule has 3 heterocycles. The van der Waals surface area contributed by atoms with Gasteiger partial charge in [-0.05, 0) is 49.9 Å². The van der Waals surface area contributed by atoms with Crippen molar-refractivity contribution < 1.29 is 9.47 Å². The number of aromatic nitrogens is 1. The molecule has 0 bridgehead atoms. The van der Waals surface area contributed by atoms with Crippen molar-refractivity contribution in [3.8, 4) is 5.75 Å². The molecule has 19 heavy (non-hydrogen) atoms. The Labute approximate surface area is 114 Å². The highest BCUT2D eigenvalue weighted by Crippen LogP contribution is 2.43. The van der Waals surface area contributed by atoms with Crippen LogP contribution in [-0.4, -0.2) is 37.9 Å². The Bertz CT molecular complexity index is 382. The quantitative estimate of drug-likeness (QED) is 0.903. The molecule has 1 spiro atoms. The molecule has 2 aliphatic rings. The van der Waals surface area contributed by atoms with Crippen molar-refractivity contribution in [3.63, 3.8) is 0 Å². The van der Waals surface area contributed by atoms with Crippen LogP contribution in [0.3, 0.4) is 0 Å². The zero-order valence-corrected chi connectivity index (χ0v) is 11.3. The number of nitrogens with zero attached hydrogens (tertiary/aromatic N) is 1. The minimum atomic E-state index is 0.422. The van der Waals surface area contributed by atoms with Crippen LogP contribution >= 0.6 is 0 Å². The molecule has 2 fully saturated rings. The monoisotopic (exact) mass is 262 g/mol. The molecular formula is C15H22N2O2. The lowest BCUT2D eigenvalue weighted by Crippen LogP contribution is -2.48. The molecule has 0 amide bonds. The van der Waals surface area contributed by atoms with E-state index >= 15 is 0 Å². The van der Waals surface area contributed by atoms with Gasteiger partial charge >= 0.3 is 0 Å². The van der Waals surface area contributed by atoms with E-state index in [0.29, 0.717) is 11.3 Å². The normalized spacial score (nSPS) is 26.2. The van der Waals surface area contributed by atoms with E-state index in [9.17, 15) is 0 Å². The van der Waals surface area contributed by atoms with E-state index in [1.54, 1.807) is 12.4 Å². The zero-order valence-electron chi connectivity index (χ0n) is 11.3. The number of hydrogen-bond donors (Lipinski definition) is 1. The van der Waals surface area contributed by atoms with Crippen LogP contribution in [0.5, 0.6) is 5.75 Å². The fourth-order valence-corrected chi connectivity index (χ4v) is 3.32. The van der Waals surface area contributed by atoms with E-state index in [4.69, 9.17) is 9.47 Å².